The summed E-state index contributed by atoms with van der Waals surface area (Å²) in [6.07, 6.45) is 3.71. The molecule has 0 spiro atoms. The van der Waals surface area contributed by atoms with Crippen LogP contribution in [0.1, 0.15) is 216 Å². The fourth-order valence-electron chi connectivity index (χ4n) is 15.9. The number of ether oxygens (including phenoxy) is 6. The zero-order valence-corrected chi connectivity index (χ0v) is 72.3. The molecular formula is C93H114N10O17. The van der Waals surface area contributed by atoms with Crippen LogP contribution in [0.3, 0.4) is 0 Å². The molecule has 5 N–H and O–H groups in total. The summed E-state index contributed by atoms with van der Waals surface area (Å²) in [6, 6.07) is 42.7. The van der Waals surface area contributed by atoms with Gasteiger partial charge >= 0.3 is 30.5 Å². The molecule has 0 aliphatic carbocycles. The molecule has 6 aromatic carbocycles. The molecule has 0 saturated carbocycles. The standard InChI is InChI=1S/C27H35N3O5.C24H26N2O4.C22H27N3O4.C20H26N2O4/c1-16(2)34-25(32)29-23-13-17(3)30(18(4)31)24-12-11-20(15-22(23)24)19-9-8-10-21(14-19)28-26(33)35-27(5,6)7;1-14(2)29-24(28)25-20-11-15(3)26(16(4)27)21-10-9-18(12-19(20)21)23-13-17-7-5-6-8-22(17)30-23;1-13(2)29-22(28)23-19-11-14(3)25(15(4)26)20-9-8-16(12-18(19)20)17-7-6-10-24(5)21(17)27;1-12(2)26-20(24)21-17-10-13(3)22(14(4)23)18-8-7-15(11-16(17)18)19-6-5-9-25-19/h8-12,14-17,23H,13H2,1-7H3,(H,28,33)(H,29,32);5-10,12-15,20H,11H2,1-4H3,(H,25,28);6-10,12-14,19H,11H2,1-5H3,(H,23,28);6-8,11-13,17H,5,9-10H2,1-4H3,(H,21,24)/t17-,23+;15-,20+;14-,19+;13-,17+/m0000/s1. The van der Waals surface area contributed by atoms with Gasteiger partial charge in [-0.25, -0.2) is 24.0 Å². The Morgan fingerprint density at radius 1 is 0.433 bits per heavy atom. The van der Waals surface area contributed by atoms with E-state index in [4.69, 9.17) is 32.8 Å². The second-order valence-corrected chi connectivity index (χ2v) is 33.0. The number of alkyl carbamates (subject to hydrolysis) is 4. The Balaban J connectivity index is 0.000000169. The number of hydrogen-bond acceptors (Lipinski definition) is 17. The SMILES string of the molecule is CC(=O)N1c2ccc(-c3cc4ccccc4o3)cc2[C@H](NC(=O)OC(C)C)C[C@@H]1C.CC(=O)N1c2ccc(-c3cccc(NC(=O)OC(C)(C)C)c3)cc2[C@H](NC(=O)OC(C)C)C[C@@H]1C.CC(=O)N1c2ccc(-c3cccn(C)c3=O)cc2[C@H](NC(=O)OC(C)C)C[C@@H]1C.CC(=O)N1c2ccc(C3=CCCO3)cc2[C@H](NC(=O)OC(C)C)C[C@@H]1C. The van der Waals surface area contributed by atoms with E-state index in [1.807, 2.05) is 204 Å². The first-order valence-electron chi connectivity index (χ1n) is 40.9. The van der Waals surface area contributed by atoms with Gasteiger partial charge in [-0.2, -0.15) is 0 Å². The number of furan rings is 1. The predicted octanol–water partition coefficient (Wildman–Crippen LogP) is 18.6. The quantitative estimate of drug-likeness (QED) is 0.0670. The average molecular weight is 1640 g/mol. The maximum atomic E-state index is 12.6. The minimum absolute atomic E-state index is 0.00830. The number of para-hydroxylation sites is 1. The van der Waals surface area contributed by atoms with E-state index in [2.05, 4.69) is 32.7 Å². The molecule has 0 bridgehead atoms. The van der Waals surface area contributed by atoms with Crippen molar-refractivity contribution in [3.63, 3.8) is 0 Å². The molecule has 0 unspecified atom stereocenters. The molecule has 8 aromatic rings. The Bertz CT molecular complexity index is 5180. The van der Waals surface area contributed by atoms with Crippen molar-refractivity contribution in [3.8, 4) is 33.6 Å². The number of aromatic nitrogens is 1. The molecule has 2 aromatic heterocycles. The Labute approximate surface area is 701 Å². The Morgan fingerprint density at radius 2 is 0.817 bits per heavy atom. The second-order valence-electron chi connectivity index (χ2n) is 33.0. The smallest absolute Gasteiger partial charge is 0.412 e. The van der Waals surface area contributed by atoms with Crippen molar-refractivity contribution in [2.45, 2.75) is 242 Å². The molecule has 9 amide bonds. The van der Waals surface area contributed by atoms with E-state index in [0.29, 0.717) is 43.5 Å². The second kappa shape index (κ2) is 39.0. The van der Waals surface area contributed by atoms with E-state index in [0.717, 1.165) is 102 Å². The molecule has 27 heteroatoms. The predicted molar refractivity (Wildman–Crippen MR) is 464 cm³/mol. The third-order valence-electron chi connectivity index (χ3n) is 20.6. The highest BCUT2D eigenvalue weighted by Crippen LogP contribution is 2.45. The van der Waals surface area contributed by atoms with Crippen LogP contribution in [-0.2, 0) is 54.6 Å². The van der Waals surface area contributed by atoms with E-state index in [-0.39, 0.29) is 102 Å². The minimum Gasteiger partial charge on any atom is -0.493 e. The van der Waals surface area contributed by atoms with Crippen molar-refractivity contribution >= 4 is 99.3 Å². The number of fused-ring (bicyclic) bond motifs is 5. The highest BCUT2D eigenvalue weighted by Gasteiger charge is 2.39. The van der Waals surface area contributed by atoms with Crippen LogP contribution in [0, 0.1) is 0 Å². The van der Waals surface area contributed by atoms with Crippen molar-refractivity contribution in [2.75, 3.05) is 31.5 Å². The molecule has 5 aliphatic rings. The van der Waals surface area contributed by atoms with Crippen molar-refractivity contribution in [3.05, 3.63) is 190 Å². The lowest BCUT2D eigenvalue weighted by molar-refractivity contribution is -0.118. The summed E-state index contributed by atoms with van der Waals surface area (Å²) in [5.74, 6) is 1.44. The van der Waals surface area contributed by atoms with Gasteiger partial charge in [0.25, 0.3) is 5.56 Å². The van der Waals surface area contributed by atoms with Crippen molar-refractivity contribution in [2.24, 2.45) is 7.05 Å². The van der Waals surface area contributed by atoms with Crippen LogP contribution >= 0.6 is 0 Å². The van der Waals surface area contributed by atoms with Crippen molar-refractivity contribution < 1.29 is 76.0 Å². The third kappa shape index (κ3) is 22.5. The normalized spacial score (nSPS) is 18.8. The number of nitrogens with one attached hydrogen (secondary N) is 5. The summed E-state index contributed by atoms with van der Waals surface area (Å²) in [6.45, 7) is 34.6. The molecule has 0 radical (unpaired) electrons. The lowest BCUT2D eigenvalue weighted by Crippen LogP contribution is -2.45. The molecule has 0 fully saturated rings. The molecular weight excluding hydrogens is 1530 g/mol. The number of rotatable bonds is 13. The maximum Gasteiger partial charge on any atom is 0.412 e. The minimum atomic E-state index is -0.599. The van der Waals surface area contributed by atoms with Gasteiger partial charge in [-0.1, -0.05) is 42.5 Å². The van der Waals surface area contributed by atoms with Gasteiger partial charge in [0, 0.05) is 122 Å². The first-order chi connectivity index (χ1) is 56.7. The van der Waals surface area contributed by atoms with Gasteiger partial charge in [0.05, 0.1) is 55.2 Å². The zero-order chi connectivity index (χ0) is 87.5. The van der Waals surface area contributed by atoms with Crippen molar-refractivity contribution in [1.29, 1.82) is 0 Å². The number of pyridine rings is 1. The number of benzene rings is 6. The lowest BCUT2D eigenvalue weighted by atomic mass is 9.89. The van der Waals surface area contributed by atoms with E-state index in [1.54, 1.807) is 93.4 Å². The topological polar surface area (TPSA) is 317 Å². The van der Waals surface area contributed by atoms with Crippen molar-refractivity contribution in [1.82, 2.24) is 25.8 Å². The summed E-state index contributed by atoms with van der Waals surface area (Å²) >= 11 is 0. The summed E-state index contributed by atoms with van der Waals surface area (Å²) in [5, 5.41) is 15.6. The number of hydrogen-bond donors (Lipinski definition) is 5. The van der Waals surface area contributed by atoms with E-state index in [1.165, 1.54) is 11.5 Å². The first kappa shape index (κ1) is 89.9. The van der Waals surface area contributed by atoms with E-state index in [9.17, 15) is 47.9 Å². The highest BCUT2D eigenvalue weighted by atomic mass is 16.6. The summed E-state index contributed by atoms with van der Waals surface area (Å²) < 4.78 is 39.6. The fourth-order valence-corrected chi connectivity index (χ4v) is 15.9. The van der Waals surface area contributed by atoms with Crippen LogP contribution in [0.4, 0.5) is 52.4 Å². The summed E-state index contributed by atoms with van der Waals surface area (Å²) in [7, 11) is 1.70. The number of anilines is 5. The number of amides is 9. The van der Waals surface area contributed by atoms with Crippen LogP contribution in [0.15, 0.2) is 161 Å². The molecule has 13 rings (SSSR count). The molecule has 7 heterocycles. The number of carbonyl (C=O) groups excluding carboxylic acids is 9. The van der Waals surface area contributed by atoms with Gasteiger partial charge < -0.3 is 78.3 Å². The van der Waals surface area contributed by atoms with Crippen LogP contribution < -0.4 is 51.7 Å². The monoisotopic (exact) mass is 1640 g/mol. The van der Waals surface area contributed by atoms with E-state index < -0.39 is 36.1 Å². The Hall–Kier alpha value is -12.4. The lowest BCUT2D eigenvalue weighted by Gasteiger charge is -2.39. The van der Waals surface area contributed by atoms with Gasteiger partial charge in [0.1, 0.15) is 22.7 Å². The average Bonchev–Trinajstić information content (AvgIpc) is 1.09. The van der Waals surface area contributed by atoms with Gasteiger partial charge in [-0.3, -0.25) is 29.3 Å². The van der Waals surface area contributed by atoms with Crippen LogP contribution in [0.5, 0.6) is 0 Å². The van der Waals surface area contributed by atoms with Crippen LogP contribution in [0.25, 0.3) is 50.3 Å². The Morgan fingerprint density at radius 3 is 1.22 bits per heavy atom. The summed E-state index contributed by atoms with van der Waals surface area (Å²) in [4.78, 5) is 130. The largest absolute Gasteiger partial charge is 0.493 e. The van der Waals surface area contributed by atoms with Gasteiger partial charge in [-0.15, -0.1) is 0 Å². The van der Waals surface area contributed by atoms with Crippen LogP contribution in [-0.4, -0.2) is 119 Å². The molecule has 638 valence electrons. The molecule has 0 saturated heterocycles. The molecule has 27 nitrogen and oxygen atoms in total. The zero-order valence-electron chi connectivity index (χ0n) is 72.3. The van der Waals surface area contributed by atoms with Crippen LogP contribution in [0.2, 0.25) is 0 Å². The fraction of sp³-hybridized carbons (Fsp3) is 0.419. The molecule has 120 heavy (non-hydrogen) atoms. The maximum absolute atomic E-state index is 12.6. The summed E-state index contributed by atoms with van der Waals surface area (Å²) in [5.41, 5.74) is 12.2. The Kier molecular flexibility index (Phi) is 29.2. The highest BCUT2D eigenvalue weighted by molar-refractivity contribution is 5.98. The van der Waals surface area contributed by atoms with Gasteiger partial charge in [0.2, 0.25) is 23.6 Å². The molecule has 5 aliphatic heterocycles. The van der Waals surface area contributed by atoms with Gasteiger partial charge in [0.15, 0.2) is 0 Å². The van der Waals surface area contributed by atoms with E-state index >= 15 is 0 Å². The van der Waals surface area contributed by atoms with Gasteiger partial charge in [-0.05, 0) is 272 Å². The molecule has 8 atom stereocenters. The number of carbonyl (C=O) groups is 9. The third-order valence-corrected chi connectivity index (χ3v) is 20.6. The number of aryl methyl sites for hydroxylation is 1. The number of nitrogens with zero attached hydrogens (tertiary/aromatic N) is 5. The first-order valence-corrected chi connectivity index (χ1v) is 40.9.